The van der Waals surface area contributed by atoms with Gasteiger partial charge in [0.25, 0.3) is 0 Å². The van der Waals surface area contributed by atoms with Crippen LogP contribution in [-0.4, -0.2) is 21.0 Å². The van der Waals surface area contributed by atoms with Gasteiger partial charge in [0.15, 0.2) is 16.8 Å². The summed E-state index contributed by atoms with van der Waals surface area (Å²) in [5.41, 5.74) is 1.90. The number of nitrogens with zero attached hydrogens (tertiary/aromatic N) is 3. The van der Waals surface area contributed by atoms with E-state index in [1.165, 1.54) is 24.2 Å². The maximum atomic E-state index is 13.9. The van der Waals surface area contributed by atoms with Crippen LogP contribution >= 0.6 is 11.8 Å². The van der Waals surface area contributed by atoms with E-state index in [1.54, 1.807) is 10.7 Å². The summed E-state index contributed by atoms with van der Waals surface area (Å²) in [4.78, 5) is 4.21. The summed E-state index contributed by atoms with van der Waals surface area (Å²) in [6.07, 6.45) is 3.14. The fourth-order valence-electron chi connectivity index (χ4n) is 3.30. The minimum Gasteiger partial charge on any atom is -0.354 e. The molecule has 1 aromatic heterocycles. The first-order chi connectivity index (χ1) is 12.5. The van der Waals surface area contributed by atoms with Crippen molar-refractivity contribution in [3.05, 3.63) is 77.1 Å². The Kier molecular flexibility index (Phi) is 4.28. The summed E-state index contributed by atoms with van der Waals surface area (Å²) >= 11 is 1.47. The molecule has 0 spiro atoms. The second-order valence-corrected chi connectivity index (χ2v) is 7.05. The van der Waals surface area contributed by atoms with Crippen molar-refractivity contribution < 1.29 is 13.5 Å². The van der Waals surface area contributed by atoms with Crippen LogP contribution in [-0.2, 0) is 16.9 Å². The summed E-state index contributed by atoms with van der Waals surface area (Å²) in [5, 5.41) is 5.01. The Labute approximate surface area is 154 Å². The second-order valence-electron chi connectivity index (χ2n) is 6.28. The summed E-state index contributed by atoms with van der Waals surface area (Å²) in [6, 6.07) is 11.8. The fraction of sp³-hybridized carbons (Fsp3) is 0.263. The van der Waals surface area contributed by atoms with E-state index < -0.39 is 17.2 Å². The second kappa shape index (κ2) is 6.48. The number of benzene rings is 2. The van der Waals surface area contributed by atoms with E-state index in [0.717, 1.165) is 22.3 Å². The van der Waals surface area contributed by atoms with E-state index in [4.69, 9.17) is 4.74 Å². The van der Waals surface area contributed by atoms with Gasteiger partial charge >= 0.3 is 0 Å². The SMILES string of the molecule is CSc1ncnn1CC1(c2ccc(F)c(F)c2)OC1c1ccccc1C. The third-order valence-electron chi connectivity index (χ3n) is 4.72. The van der Waals surface area contributed by atoms with E-state index in [-0.39, 0.29) is 6.10 Å². The maximum absolute atomic E-state index is 13.9. The van der Waals surface area contributed by atoms with E-state index in [2.05, 4.69) is 10.1 Å². The van der Waals surface area contributed by atoms with Gasteiger partial charge in [0, 0.05) is 0 Å². The number of rotatable bonds is 5. The lowest BCUT2D eigenvalue weighted by molar-refractivity contribution is 0.255. The minimum atomic E-state index is -0.885. The van der Waals surface area contributed by atoms with Gasteiger partial charge in [-0.2, -0.15) is 5.10 Å². The predicted octanol–water partition coefficient (Wildman–Crippen LogP) is 4.25. The molecule has 1 aliphatic heterocycles. The van der Waals surface area contributed by atoms with Crippen molar-refractivity contribution in [2.45, 2.75) is 30.3 Å². The highest BCUT2D eigenvalue weighted by Crippen LogP contribution is 2.58. The van der Waals surface area contributed by atoms with Crippen molar-refractivity contribution in [3.63, 3.8) is 0 Å². The van der Waals surface area contributed by atoms with Crippen LogP contribution in [0.5, 0.6) is 0 Å². The fourth-order valence-corrected chi connectivity index (χ4v) is 3.78. The minimum absolute atomic E-state index is 0.257. The van der Waals surface area contributed by atoms with E-state index >= 15 is 0 Å². The highest BCUT2D eigenvalue weighted by Gasteiger charge is 2.59. The third-order valence-corrected chi connectivity index (χ3v) is 5.40. The monoisotopic (exact) mass is 373 g/mol. The van der Waals surface area contributed by atoms with Crippen LogP contribution in [0.25, 0.3) is 0 Å². The van der Waals surface area contributed by atoms with Crippen LogP contribution < -0.4 is 0 Å². The zero-order valence-electron chi connectivity index (χ0n) is 14.3. The van der Waals surface area contributed by atoms with Crippen LogP contribution in [0.1, 0.15) is 22.8 Å². The van der Waals surface area contributed by atoms with Crippen LogP contribution in [0.4, 0.5) is 8.78 Å². The van der Waals surface area contributed by atoms with Crippen LogP contribution in [0.2, 0.25) is 0 Å². The standard InChI is InChI=1S/C19H17F2N3OS/c1-12-5-3-4-6-14(12)17-19(25-17,10-24-18(26-2)22-11-23-24)13-7-8-15(20)16(21)9-13/h3-9,11,17H,10H2,1-2H3. The van der Waals surface area contributed by atoms with Gasteiger partial charge in [0.1, 0.15) is 18.0 Å². The van der Waals surface area contributed by atoms with Crippen molar-refractivity contribution in [1.82, 2.24) is 14.8 Å². The van der Waals surface area contributed by atoms with Crippen molar-refractivity contribution in [1.29, 1.82) is 0 Å². The number of hydrogen-bond acceptors (Lipinski definition) is 4. The zero-order valence-corrected chi connectivity index (χ0v) is 15.1. The average molecular weight is 373 g/mol. The molecule has 1 saturated heterocycles. The number of aryl methyl sites for hydroxylation is 1. The van der Waals surface area contributed by atoms with E-state index in [1.807, 2.05) is 37.4 Å². The molecule has 0 amide bonds. The normalized spacial score (nSPS) is 21.8. The summed E-state index contributed by atoms with van der Waals surface area (Å²) < 4.78 is 35.2. The van der Waals surface area contributed by atoms with Gasteiger partial charge in [-0.15, -0.1) is 0 Å². The molecule has 1 fully saturated rings. The molecule has 26 heavy (non-hydrogen) atoms. The number of epoxide rings is 1. The smallest absolute Gasteiger partial charge is 0.185 e. The molecule has 134 valence electrons. The quantitative estimate of drug-likeness (QED) is 0.495. The lowest BCUT2D eigenvalue weighted by Crippen LogP contribution is -2.21. The number of halogens is 2. The molecule has 0 saturated carbocycles. The molecule has 0 aliphatic carbocycles. The number of aromatic nitrogens is 3. The molecule has 1 aliphatic rings. The Morgan fingerprint density at radius 1 is 1.19 bits per heavy atom. The van der Waals surface area contributed by atoms with Gasteiger partial charge in [-0.3, -0.25) is 0 Å². The first-order valence-corrected chi connectivity index (χ1v) is 9.38. The Hall–Kier alpha value is -2.25. The van der Waals surface area contributed by atoms with E-state index in [9.17, 15) is 8.78 Å². The third kappa shape index (κ3) is 2.81. The van der Waals surface area contributed by atoms with Gasteiger partial charge in [0.2, 0.25) is 0 Å². The van der Waals surface area contributed by atoms with Gasteiger partial charge in [-0.1, -0.05) is 42.1 Å². The highest BCUT2D eigenvalue weighted by atomic mass is 32.2. The van der Waals surface area contributed by atoms with Gasteiger partial charge in [-0.05, 0) is 42.0 Å². The number of hydrogen-bond donors (Lipinski definition) is 0. The van der Waals surface area contributed by atoms with Crippen molar-refractivity contribution >= 4 is 11.8 Å². The number of thioether (sulfide) groups is 1. The Bertz CT molecular complexity index is 961. The lowest BCUT2D eigenvalue weighted by Gasteiger charge is -2.16. The van der Waals surface area contributed by atoms with E-state index in [0.29, 0.717) is 12.1 Å². The molecule has 2 heterocycles. The molecule has 2 aromatic carbocycles. The molecule has 4 nitrogen and oxygen atoms in total. The van der Waals surface area contributed by atoms with Crippen LogP contribution in [0.15, 0.2) is 53.9 Å². The molecule has 7 heteroatoms. The molecule has 0 radical (unpaired) electrons. The summed E-state index contributed by atoms with van der Waals surface area (Å²) in [6.45, 7) is 2.38. The van der Waals surface area contributed by atoms with Gasteiger partial charge in [-0.25, -0.2) is 18.4 Å². The lowest BCUT2D eigenvalue weighted by atomic mass is 9.90. The molecule has 2 atom stereocenters. The van der Waals surface area contributed by atoms with Crippen molar-refractivity contribution in [2.75, 3.05) is 6.26 Å². The highest BCUT2D eigenvalue weighted by molar-refractivity contribution is 7.98. The van der Waals surface area contributed by atoms with Crippen molar-refractivity contribution in [3.8, 4) is 0 Å². The Morgan fingerprint density at radius 3 is 2.73 bits per heavy atom. The molecule has 0 N–H and O–H groups in total. The Morgan fingerprint density at radius 2 is 2.00 bits per heavy atom. The molecular weight excluding hydrogens is 356 g/mol. The molecular formula is C19H17F2N3OS. The van der Waals surface area contributed by atoms with Crippen LogP contribution in [0, 0.1) is 18.6 Å². The van der Waals surface area contributed by atoms with Gasteiger partial charge in [0.05, 0.1) is 6.54 Å². The zero-order chi connectivity index (χ0) is 18.3. The maximum Gasteiger partial charge on any atom is 0.185 e. The number of ether oxygens (including phenoxy) is 1. The Balaban J connectivity index is 1.78. The molecule has 0 bridgehead atoms. The topological polar surface area (TPSA) is 43.2 Å². The average Bonchev–Trinajstić information content (AvgIpc) is 3.17. The predicted molar refractivity (Wildman–Crippen MR) is 94.8 cm³/mol. The van der Waals surface area contributed by atoms with Crippen molar-refractivity contribution in [2.24, 2.45) is 0 Å². The molecule has 2 unspecified atom stereocenters. The first kappa shape index (κ1) is 17.2. The van der Waals surface area contributed by atoms with Crippen LogP contribution in [0.3, 0.4) is 0 Å². The van der Waals surface area contributed by atoms with Gasteiger partial charge < -0.3 is 4.74 Å². The first-order valence-electron chi connectivity index (χ1n) is 8.16. The summed E-state index contributed by atoms with van der Waals surface area (Å²) in [5.74, 6) is -1.76. The molecule has 3 aromatic rings. The molecule has 4 rings (SSSR count). The largest absolute Gasteiger partial charge is 0.354 e. The summed E-state index contributed by atoms with van der Waals surface area (Å²) in [7, 11) is 0.